The van der Waals surface area contributed by atoms with Crippen molar-refractivity contribution in [2.75, 3.05) is 13.2 Å². The van der Waals surface area contributed by atoms with Crippen LogP contribution in [0.15, 0.2) is 0 Å². The first-order chi connectivity index (χ1) is 8.35. The van der Waals surface area contributed by atoms with Gasteiger partial charge >= 0.3 is 6.18 Å². The van der Waals surface area contributed by atoms with E-state index in [1.165, 1.54) is 0 Å². The van der Waals surface area contributed by atoms with Gasteiger partial charge in [-0.2, -0.15) is 18.3 Å². The first-order valence-corrected chi connectivity index (χ1v) is 6.12. The Balaban J connectivity index is 2.36. The molecule has 1 heterocycles. The van der Waals surface area contributed by atoms with Crippen LogP contribution in [-0.4, -0.2) is 29.2 Å². The second kappa shape index (κ2) is 6.43. The van der Waals surface area contributed by atoms with Crippen LogP contribution in [-0.2, 0) is 17.2 Å². The van der Waals surface area contributed by atoms with Crippen LogP contribution in [0.5, 0.6) is 0 Å². The minimum atomic E-state index is -4.26. The molecule has 0 unspecified atom stereocenters. The Hall–Kier alpha value is -0.750. The molecule has 3 nitrogen and oxygen atoms in total. The van der Waals surface area contributed by atoms with Gasteiger partial charge in [-0.25, -0.2) is 0 Å². The second-order valence-corrected chi connectivity index (χ2v) is 4.29. The molecular formula is C11H16ClF3N2O. The average Bonchev–Trinajstić information content (AvgIpc) is 2.52. The average molecular weight is 285 g/mol. The number of nitrogens with zero attached hydrogens (tertiary/aromatic N) is 2. The van der Waals surface area contributed by atoms with Gasteiger partial charge in [-0.1, -0.05) is 0 Å². The molecule has 104 valence electrons. The molecule has 1 aromatic rings. The number of aromatic nitrogens is 2. The lowest BCUT2D eigenvalue weighted by Crippen LogP contribution is -2.18. The third kappa shape index (κ3) is 4.49. The zero-order valence-corrected chi connectivity index (χ0v) is 11.1. The van der Waals surface area contributed by atoms with Crippen LogP contribution < -0.4 is 0 Å². The van der Waals surface area contributed by atoms with Crippen LogP contribution in [0.1, 0.15) is 23.4 Å². The molecule has 1 rings (SSSR count). The Morgan fingerprint density at radius 3 is 2.50 bits per heavy atom. The van der Waals surface area contributed by atoms with Gasteiger partial charge in [0.2, 0.25) is 0 Å². The second-order valence-electron chi connectivity index (χ2n) is 4.03. The van der Waals surface area contributed by atoms with E-state index in [1.54, 1.807) is 4.68 Å². The summed E-state index contributed by atoms with van der Waals surface area (Å²) >= 11 is 5.78. The molecule has 1 aromatic heterocycles. The largest absolute Gasteiger partial charge is 0.411 e. The highest BCUT2D eigenvalue weighted by molar-refractivity contribution is 6.17. The SMILES string of the molecule is Cc1nn(CCCOCC(F)(F)F)c(C)c1CCl. The normalized spacial score (nSPS) is 12.1. The maximum Gasteiger partial charge on any atom is 0.411 e. The highest BCUT2D eigenvalue weighted by Crippen LogP contribution is 2.16. The van der Waals surface area contributed by atoms with Crippen molar-refractivity contribution in [2.24, 2.45) is 0 Å². The molecule has 0 saturated carbocycles. The zero-order chi connectivity index (χ0) is 13.8. The van der Waals surface area contributed by atoms with Crippen LogP contribution in [0.4, 0.5) is 13.2 Å². The molecule has 0 aliphatic carbocycles. The summed E-state index contributed by atoms with van der Waals surface area (Å²) < 4.78 is 41.7. The lowest BCUT2D eigenvalue weighted by Gasteiger charge is -2.08. The maximum atomic E-state index is 11.8. The van der Waals surface area contributed by atoms with E-state index in [9.17, 15) is 13.2 Å². The number of aryl methyl sites for hydroxylation is 2. The lowest BCUT2D eigenvalue weighted by atomic mass is 10.2. The molecule has 0 radical (unpaired) electrons. The summed E-state index contributed by atoms with van der Waals surface area (Å²) in [4.78, 5) is 0. The number of hydrogen-bond donors (Lipinski definition) is 0. The first kappa shape index (κ1) is 15.3. The Bertz CT molecular complexity index is 390. The minimum absolute atomic E-state index is 0.0636. The Morgan fingerprint density at radius 2 is 2.00 bits per heavy atom. The van der Waals surface area contributed by atoms with Crippen molar-refractivity contribution in [3.8, 4) is 0 Å². The highest BCUT2D eigenvalue weighted by atomic mass is 35.5. The van der Waals surface area contributed by atoms with E-state index >= 15 is 0 Å². The van der Waals surface area contributed by atoms with E-state index in [0.717, 1.165) is 17.0 Å². The summed E-state index contributed by atoms with van der Waals surface area (Å²) in [6.07, 6.45) is -3.77. The topological polar surface area (TPSA) is 27.1 Å². The third-order valence-corrected chi connectivity index (χ3v) is 2.86. The smallest absolute Gasteiger partial charge is 0.372 e. The monoisotopic (exact) mass is 284 g/mol. The van der Waals surface area contributed by atoms with Crippen molar-refractivity contribution < 1.29 is 17.9 Å². The molecule has 0 atom stereocenters. The number of rotatable bonds is 6. The van der Waals surface area contributed by atoms with E-state index in [-0.39, 0.29) is 6.61 Å². The quantitative estimate of drug-likeness (QED) is 0.592. The van der Waals surface area contributed by atoms with Crippen molar-refractivity contribution in [2.45, 2.75) is 38.9 Å². The van der Waals surface area contributed by atoms with Gasteiger partial charge in [0.15, 0.2) is 0 Å². The molecule has 0 amide bonds. The fraction of sp³-hybridized carbons (Fsp3) is 0.727. The van der Waals surface area contributed by atoms with Crippen LogP contribution in [0.2, 0.25) is 0 Å². The number of halogens is 4. The summed E-state index contributed by atoms with van der Waals surface area (Å²) in [6.45, 7) is 3.15. The number of ether oxygens (including phenoxy) is 1. The predicted octanol–water partition coefficient (Wildman–Crippen LogP) is 3.21. The summed E-state index contributed by atoms with van der Waals surface area (Å²) in [6, 6.07) is 0. The molecule has 0 spiro atoms. The highest BCUT2D eigenvalue weighted by Gasteiger charge is 2.27. The van der Waals surface area contributed by atoms with E-state index < -0.39 is 12.8 Å². The summed E-state index contributed by atoms with van der Waals surface area (Å²) in [5.74, 6) is 0.391. The van der Waals surface area contributed by atoms with Crippen molar-refractivity contribution in [1.82, 2.24) is 9.78 Å². The van der Waals surface area contributed by atoms with E-state index in [0.29, 0.717) is 18.8 Å². The number of hydrogen-bond acceptors (Lipinski definition) is 2. The van der Waals surface area contributed by atoms with Crippen LogP contribution in [0.3, 0.4) is 0 Å². The molecule has 0 aromatic carbocycles. The van der Waals surface area contributed by atoms with E-state index in [4.69, 9.17) is 11.6 Å². The van der Waals surface area contributed by atoms with Crippen LogP contribution in [0.25, 0.3) is 0 Å². The van der Waals surface area contributed by atoms with Gasteiger partial charge in [0.25, 0.3) is 0 Å². The van der Waals surface area contributed by atoms with Gasteiger partial charge in [0.05, 0.1) is 11.6 Å². The molecule has 0 bridgehead atoms. The van der Waals surface area contributed by atoms with Crippen molar-refractivity contribution >= 4 is 11.6 Å². The molecule has 0 aliphatic heterocycles. The summed E-state index contributed by atoms with van der Waals surface area (Å²) in [5, 5.41) is 4.28. The molecule has 0 saturated heterocycles. The molecule has 0 N–H and O–H groups in total. The fourth-order valence-corrected chi connectivity index (χ4v) is 2.04. The summed E-state index contributed by atoms with van der Waals surface area (Å²) in [7, 11) is 0. The zero-order valence-electron chi connectivity index (χ0n) is 10.4. The van der Waals surface area contributed by atoms with E-state index in [1.807, 2.05) is 13.8 Å². The third-order valence-electron chi connectivity index (χ3n) is 2.59. The number of alkyl halides is 4. The van der Waals surface area contributed by atoms with Crippen molar-refractivity contribution in [1.29, 1.82) is 0 Å². The summed E-state index contributed by atoms with van der Waals surface area (Å²) in [5.41, 5.74) is 2.80. The fourth-order valence-electron chi connectivity index (χ4n) is 1.65. The predicted molar refractivity (Wildman–Crippen MR) is 62.7 cm³/mol. The molecule has 0 fully saturated rings. The van der Waals surface area contributed by atoms with Gasteiger partial charge in [0, 0.05) is 24.4 Å². The standard InChI is InChI=1S/C11H16ClF3N2O/c1-8-10(6-12)9(2)17(16-8)4-3-5-18-7-11(13,14)15/h3-7H2,1-2H3. The Labute approximate surface area is 109 Å². The van der Waals surface area contributed by atoms with Crippen LogP contribution >= 0.6 is 11.6 Å². The van der Waals surface area contributed by atoms with Crippen LogP contribution in [0, 0.1) is 13.8 Å². The lowest BCUT2D eigenvalue weighted by molar-refractivity contribution is -0.174. The molecular weight excluding hydrogens is 269 g/mol. The molecule has 0 aliphatic rings. The van der Waals surface area contributed by atoms with Gasteiger partial charge in [-0.15, -0.1) is 11.6 Å². The Morgan fingerprint density at radius 1 is 1.33 bits per heavy atom. The minimum Gasteiger partial charge on any atom is -0.372 e. The first-order valence-electron chi connectivity index (χ1n) is 5.58. The van der Waals surface area contributed by atoms with Gasteiger partial charge in [0.1, 0.15) is 6.61 Å². The van der Waals surface area contributed by atoms with E-state index in [2.05, 4.69) is 9.84 Å². The van der Waals surface area contributed by atoms with Gasteiger partial charge in [-0.05, 0) is 20.3 Å². The van der Waals surface area contributed by atoms with Gasteiger partial charge < -0.3 is 4.74 Å². The maximum absolute atomic E-state index is 11.8. The molecule has 18 heavy (non-hydrogen) atoms. The molecule has 7 heteroatoms. The Kier molecular flexibility index (Phi) is 5.47. The van der Waals surface area contributed by atoms with Crippen molar-refractivity contribution in [3.05, 3.63) is 17.0 Å². The van der Waals surface area contributed by atoms with Crippen molar-refractivity contribution in [3.63, 3.8) is 0 Å². The van der Waals surface area contributed by atoms with Gasteiger partial charge in [-0.3, -0.25) is 4.68 Å².